The van der Waals surface area contributed by atoms with Gasteiger partial charge in [-0.3, -0.25) is 9.59 Å². The van der Waals surface area contributed by atoms with Crippen molar-refractivity contribution in [3.8, 4) is 11.5 Å². The highest BCUT2D eigenvalue weighted by Gasteiger charge is 2.13. The largest absolute Gasteiger partial charge is 0.486 e. The van der Waals surface area contributed by atoms with Crippen LogP contribution in [0.3, 0.4) is 0 Å². The predicted molar refractivity (Wildman–Crippen MR) is 87.0 cm³/mol. The monoisotopic (exact) mass is 339 g/mol. The van der Waals surface area contributed by atoms with Crippen LogP contribution in [-0.2, 0) is 14.3 Å². The molecule has 0 unspecified atom stereocenters. The molecule has 1 aliphatic heterocycles. The number of hydrogen-bond acceptors (Lipinski definition) is 6. The van der Waals surface area contributed by atoms with Gasteiger partial charge in [-0.25, -0.2) is 0 Å². The maximum atomic E-state index is 11.7. The molecular formula is C16H21NO5S. The number of hydrogen-bond donors (Lipinski definition) is 1. The summed E-state index contributed by atoms with van der Waals surface area (Å²) in [4.78, 5) is 24.0. The van der Waals surface area contributed by atoms with Gasteiger partial charge in [0.1, 0.15) is 13.2 Å². The summed E-state index contributed by atoms with van der Waals surface area (Å²) in [6, 6.07) is 5.52. The lowest BCUT2D eigenvalue weighted by atomic mass is 10.2. The Balaban J connectivity index is 1.71. The number of esters is 1. The van der Waals surface area contributed by atoms with Crippen LogP contribution in [0.1, 0.15) is 13.8 Å². The standard InChI is InChI=1S/C16H21NO5S/c1-11(2)8-17-15(18)9-22-16(19)10-23-12-3-4-13-14(7-12)21-6-5-20-13/h3-4,7,11H,5-6,8-10H2,1-2H3,(H,17,18). The van der Waals surface area contributed by atoms with Crippen molar-refractivity contribution >= 4 is 23.6 Å². The molecule has 1 aromatic rings. The van der Waals surface area contributed by atoms with Crippen LogP contribution in [0.5, 0.6) is 11.5 Å². The molecule has 0 saturated heterocycles. The first-order valence-corrected chi connectivity index (χ1v) is 8.48. The summed E-state index contributed by atoms with van der Waals surface area (Å²) in [5, 5.41) is 2.69. The second-order valence-corrected chi connectivity index (χ2v) is 6.50. The van der Waals surface area contributed by atoms with Crippen molar-refractivity contribution in [3.63, 3.8) is 0 Å². The zero-order chi connectivity index (χ0) is 16.7. The Morgan fingerprint density at radius 3 is 2.74 bits per heavy atom. The number of benzene rings is 1. The summed E-state index contributed by atoms with van der Waals surface area (Å²) in [7, 11) is 0. The summed E-state index contributed by atoms with van der Waals surface area (Å²) in [6.45, 7) is 5.39. The normalized spacial score (nSPS) is 12.8. The van der Waals surface area contributed by atoms with Gasteiger partial charge in [-0.15, -0.1) is 11.8 Å². The molecule has 1 N–H and O–H groups in total. The molecule has 6 nitrogen and oxygen atoms in total. The second kappa shape index (κ2) is 8.67. The van der Waals surface area contributed by atoms with Crippen LogP contribution >= 0.6 is 11.8 Å². The molecule has 23 heavy (non-hydrogen) atoms. The van der Waals surface area contributed by atoms with Crippen LogP contribution in [0.25, 0.3) is 0 Å². The highest BCUT2D eigenvalue weighted by atomic mass is 32.2. The van der Waals surface area contributed by atoms with Crippen molar-refractivity contribution in [1.29, 1.82) is 0 Å². The zero-order valence-corrected chi connectivity index (χ0v) is 14.1. The van der Waals surface area contributed by atoms with Crippen molar-refractivity contribution in [3.05, 3.63) is 18.2 Å². The summed E-state index contributed by atoms with van der Waals surface area (Å²) < 4.78 is 15.9. The van der Waals surface area contributed by atoms with Gasteiger partial charge < -0.3 is 19.5 Å². The molecule has 1 heterocycles. The number of fused-ring (bicyclic) bond motifs is 1. The van der Waals surface area contributed by atoms with E-state index in [2.05, 4.69) is 5.32 Å². The van der Waals surface area contributed by atoms with E-state index in [1.165, 1.54) is 11.8 Å². The Bertz CT molecular complexity index is 561. The third-order valence-electron chi connectivity index (χ3n) is 2.94. The lowest BCUT2D eigenvalue weighted by molar-refractivity contribution is -0.145. The highest BCUT2D eigenvalue weighted by Crippen LogP contribution is 2.34. The second-order valence-electron chi connectivity index (χ2n) is 5.45. The average molecular weight is 339 g/mol. The van der Waals surface area contributed by atoms with Crippen molar-refractivity contribution in [2.45, 2.75) is 18.7 Å². The average Bonchev–Trinajstić information content (AvgIpc) is 2.56. The van der Waals surface area contributed by atoms with Gasteiger partial charge in [0.25, 0.3) is 5.91 Å². The molecule has 1 aromatic carbocycles. The molecular weight excluding hydrogens is 318 g/mol. The first kappa shape index (κ1) is 17.5. The summed E-state index contributed by atoms with van der Waals surface area (Å²) >= 11 is 1.33. The molecule has 1 aliphatic rings. The van der Waals surface area contributed by atoms with Crippen molar-refractivity contribution < 1.29 is 23.8 Å². The number of carbonyl (C=O) groups excluding carboxylic acids is 2. The van der Waals surface area contributed by atoms with Gasteiger partial charge in [-0.1, -0.05) is 13.8 Å². The Morgan fingerprint density at radius 2 is 2.00 bits per heavy atom. The first-order valence-electron chi connectivity index (χ1n) is 7.49. The van der Waals surface area contributed by atoms with Crippen LogP contribution < -0.4 is 14.8 Å². The summed E-state index contributed by atoms with van der Waals surface area (Å²) in [5.74, 6) is 1.19. The number of amides is 1. The van der Waals surface area contributed by atoms with E-state index in [1.54, 1.807) is 0 Å². The number of carbonyl (C=O) groups is 2. The lowest BCUT2D eigenvalue weighted by Gasteiger charge is -2.18. The molecule has 2 rings (SSSR count). The third kappa shape index (κ3) is 6.02. The van der Waals surface area contributed by atoms with Gasteiger partial charge >= 0.3 is 5.97 Å². The fourth-order valence-corrected chi connectivity index (χ4v) is 2.53. The Labute approximate surface area is 139 Å². The van der Waals surface area contributed by atoms with E-state index in [0.29, 0.717) is 37.2 Å². The van der Waals surface area contributed by atoms with Gasteiger partial charge in [0, 0.05) is 11.4 Å². The van der Waals surface area contributed by atoms with Crippen LogP contribution in [0.4, 0.5) is 0 Å². The predicted octanol–water partition coefficient (Wildman–Crippen LogP) is 1.87. The quantitative estimate of drug-likeness (QED) is 0.604. The number of rotatable bonds is 7. The Morgan fingerprint density at radius 1 is 1.26 bits per heavy atom. The topological polar surface area (TPSA) is 73.9 Å². The molecule has 0 aliphatic carbocycles. The highest BCUT2D eigenvalue weighted by molar-refractivity contribution is 8.00. The number of thioether (sulfide) groups is 1. The minimum atomic E-state index is -0.426. The van der Waals surface area contributed by atoms with Gasteiger partial charge in [0.05, 0.1) is 5.75 Å². The molecule has 1 amide bonds. The van der Waals surface area contributed by atoms with Crippen molar-refractivity contribution in [1.82, 2.24) is 5.32 Å². The van der Waals surface area contributed by atoms with Gasteiger partial charge in [0.2, 0.25) is 0 Å². The van der Waals surface area contributed by atoms with E-state index < -0.39 is 5.97 Å². The Hall–Kier alpha value is -1.89. The minimum absolute atomic E-state index is 0.136. The minimum Gasteiger partial charge on any atom is -0.486 e. The SMILES string of the molecule is CC(C)CNC(=O)COC(=O)CSc1ccc2c(c1)OCCO2. The molecule has 0 spiro atoms. The molecule has 7 heteroatoms. The van der Waals surface area contributed by atoms with E-state index in [1.807, 2.05) is 32.0 Å². The summed E-state index contributed by atoms with van der Waals surface area (Å²) in [6.07, 6.45) is 0. The zero-order valence-electron chi connectivity index (χ0n) is 13.3. The fourth-order valence-electron chi connectivity index (χ4n) is 1.81. The third-order valence-corrected chi connectivity index (χ3v) is 3.91. The maximum absolute atomic E-state index is 11.7. The maximum Gasteiger partial charge on any atom is 0.316 e. The van der Waals surface area contributed by atoms with E-state index in [0.717, 1.165) is 4.90 Å². The van der Waals surface area contributed by atoms with Crippen molar-refractivity contribution in [2.24, 2.45) is 5.92 Å². The van der Waals surface area contributed by atoms with Crippen LogP contribution in [0.15, 0.2) is 23.1 Å². The smallest absolute Gasteiger partial charge is 0.316 e. The Kier molecular flexibility index (Phi) is 6.58. The van der Waals surface area contributed by atoms with Crippen LogP contribution in [0, 0.1) is 5.92 Å². The van der Waals surface area contributed by atoms with Crippen molar-refractivity contribution in [2.75, 3.05) is 32.1 Å². The van der Waals surface area contributed by atoms with Crippen LogP contribution in [0.2, 0.25) is 0 Å². The molecule has 0 radical (unpaired) electrons. The summed E-state index contributed by atoms with van der Waals surface area (Å²) in [5.41, 5.74) is 0. The van der Waals surface area contributed by atoms with E-state index in [4.69, 9.17) is 14.2 Å². The van der Waals surface area contributed by atoms with E-state index in [-0.39, 0.29) is 18.3 Å². The van der Waals surface area contributed by atoms with Gasteiger partial charge in [-0.2, -0.15) is 0 Å². The molecule has 0 saturated carbocycles. The number of nitrogens with one attached hydrogen (secondary N) is 1. The van der Waals surface area contributed by atoms with Crippen LogP contribution in [-0.4, -0.2) is 44.0 Å². The van der Waals surface area contributed by atoms with E-state index in [9.17, 15) is 9.59 Å². The molecule has 0 bridgehead atoms. The molecule has 0 fully saturated rings. The van der Waals surface area contributed by atoms with E-state index >= 15 is 0 Å². The molecule has 126 valence electrons. The molecule has 0 aromatic heterocycles. The first-order chi connectivity index (χ1) is 11.0. The van der Waals surface area contributed by atoms with Gasteiger partial charge in [0.15, 0.2) is 18.1 Å². The fraction of sp³-hybridized carbons (Fsp3) is 0.500. The van der Waals surface area contributed by atoms with Gasteiger partial charge in [-0.05, 0) is 24.1 Å². The number of ether oxygens (including phenoxy) is 3. The lowest BCUT2D eigenvalue weighted by Crippen LogP contribution is -2.31. The molecule has 0 atom stereocenters.